The van der Waals surface area contributed by atoms with E-state index in [0.29, 0.717) is 24.8 Å². The lowest BCUT2D eigenvalue weighted by Gasteiger charge is -2.52. The monoisotopic (exact) mass is 277 g/mol. The summed E-state index contributed by atoms with van der Waals surface area (Å²) >= 11 is 0. The number of hydrogen-bond acceptors (Lipinski definition) is 3. The molecule has 1 saturated carbocycles. The molecule has 0 radical (unpaired) electrons. The summed E-state index contributed by atoms with van der Waals surface area (Å²) in [7, 11) is 0. The zero-order chi connectivity index (χ0) is 14.6. The van der Waals surface area contributed by atoms with Crippen molar-refractivity contribution < 1.29 is 9.84 Å². The number of ether oxygens (including phenoxy) is 1. The average molecular weight is 277 g/mol. The molecular weight excluding hydrogens is 250 g/mol. The molecule has 0 aromatic heterocycles. The van der Waals surface area contributed by atoms with E-state index in [1.54, 1.807) is 0 Å². The molecule has 0 bridgehead atoms. The van der Waals surface area contributed by atoms with Crippen LogP contribution in [0.2, 0.25) is 0 Å². The van der Waals surface area contributed by atoms with Crippen molar-refractivity contribution in [1.29, 1.82) is 0 Å². The highest BCUT2D eigenvalue weighted by atomic mass is 16.5. The number of aliphatic hydroxyl groups is 1. The Balaban J connectivity index is 1.79. The van der Waals surface area contributed by atoms with Gasteiger partial charge in [0.2, 0.25) is 0 Å². The molecule has 2 N–H and O–H groups in total. The third kappa shape index (κ3) is 3.60. The summed E-state index contributed by atoms with van der Waals surface area (Å²) in [4.78, 5) is 0. The summed E-state index contributed by atoms with van der Waals surface area (Å²) in [5, 5.41) is 12.6. The van der Waals surface area contributed by atoms with Crippen LogP contribution < -0.4 is 5.32 Å². The predicted octanol–water partition coefficient (Wildman–Crippen LogP) is 2.73. The molecular formula is C17H27NO2. The van der Waals surface area contributed by atoms with Gasteiger partial charge in [-0.25, -0.2) is 0 Å². The van der Waals surface area contributed by atoms with Crippen molar-refractivity contribution in [2.75, 3.05) is 6.61 Å². The van der Waals surface area contributed by atoms with Gasteiger partial charge in [0.05, 0.1) is 12.7 Å². The molecule has 1 aromatic rings. The molecule has 3 heteroatoms. The smallest absolute Gasteiger partial charge is 0.0720 e. The molecule has 0 amide bonds. The van der Waals surface area contributed by atoms with E-state index >= 15 is 0 Å². The zero-order valence-electron chi connectivity index (χ0n) is 12.8. The molecule has 0 spiro atoms. The normalized spacial score (nSPS) is 26.0. The van der Waals surface area contributed by atoms with Crippen LogP contribution in [0.15, 0.2) is 30.3 Å². The van der Waals surface area contributed by atoms with Crippen LogP contribution in [0, 0.1) is 5.41 Å². The summed E-state index contributed by atoms with van der Waals surface area (Å²) in [6.45, 7) is 7.58. The van der Waals surface area contributed by atoms with Crippen LogP contribution in [0.4, 0.5) is 0 Å². The standard InChI is InChI=1S/C17H27NO2/c1-13(9-10-19)18-15-11-16(17(15,2)3)20-12-14-7-5-4-6-8-14/h4-8,13,15-16,18-19H,9-12H2,1-3H3/t13-,15?,16?/m1/s1. The second kappa shape index (κ2) is 6.70. The number of hydrogen-bond donors (Lipinski definition) is 2. The van der Waals surface area contributed by atoms with E-state index in [4.69, 9.17) is 9.84 Å². The minimum Gasteiger partial charge on any atom is -0.396 e. The van der Waals surface area contributed by atoms with Crippen molar-refractivity contribution in [2.45, 2.75) is 58.4 Å². The maximum Gasteiger partial charge on any atom is 0.0720 e. The van der Waals surface area contributed by atoms with Gasteiger partial charge in [-0.2, -0.15) is 0 Å². The van der Waals surface area contributed by atoms with E-state index in [2.05, 4.69) is 38.2 Å². The van der Waals surface area contributed by atoms with Crippen LogP contribution in [0.1, 0.15) is 39.2 Å². The first-order valence-corrected chi connectivity index (χ1v) is 7.56. The first kappa shape index (κ1) is 15.5. The summed E-state index contributed by atoms with van der Waals surface area (Å²) in [6, 6.07) is 11.2. The topological polar surface area (TPSA) is 41.5 Å². The van der Waals surface area contributed by atoms with E-state index in [9.17, 15) is 0 Å². The highest BCUT2D eigenvalue weighted by Crippen LogP contribution is 2.43. The highest BCUT2D eigenvalue weighted by Gasteiger charge is 2.49. The number of nitrogens with one attached hydrogen (secondary N) is 1. The minimum atomic E-state index is 0.151. The van der Waals surface area contributed by atoms with Crippen molar-refractivity contribution in [3.05, 3.63) is 35.9 Å². The Morgan fingerprint density at radius 3 is 2.65 bits per heavy atom. The molecule has 1 fully saturated rings. The van der Waals surface area contributed by atoms with Crippen LogP contribution in [0.5, 0.6) is 0 Å². The molecule has 2 unspecified atom stereocenters. The van der Waals surface area contributed by atoms with Crippen molar-refractivity contribution in [1.82, 2.24) is 5.32 Å². The molecule has 3 nitrogen and oxygen atoms in total. The van der Waals surface area contributed by atoms with Crippen molar-refractivity contribution in [2.24, 2.45) is 5.41 Å². The SMILES string of the molecule is C[C@H](CCO)NC1CC(OCc2ccccc2)C1(C)C. The summed E-state index contributed by atoms with van der Waals surface area (Å²) in [5.41, 5.74) is 1.38. The van der Waals surface area contributed by atoms with Crippen LogP contribution in [-0.4, -0.2) is 29.9 Å². The third-order valence-corrected chi connectivity index (χ3v) is 4.52. The van der Waals surface area contributed by atoms with E-state index < -0.39 is 0 Å². The fourth-order valence-corrected chi connectivity index (χ4v) is 2.84. The fourth-order valence-electron chi connectivity index (χ4n) is 2.84. The molecule has 2 rings (SSSR count). The van der Waals surface area contributed by atoms with E-state index in [1.165, 1.54) is 5.56 Å². The van der Waals surface area contributed by atoms with Gasteiger partial charge in [-0.3, -0.25) is 0 Å². The Labute approximate surface area is 122 Å². The molecule has 20 heavy (non-hydrogen) atoms. The Hall–Kier alpha value is -0.900. The van der Waals surface area contributed by atoms with E-state index in [0.717, 1.165) is 12.8 Å². The van der Waals surface area contributed by atoms with Gasteiger partial charge in [-0.05, 0) is 25.3 Å². The molecule has 112 valence electrons. The Kier molecular flexibility index (Phi) is 5.19. The number of rotatable bonds is 7. The van der Waals surface area contributed by atoms with Crippen LogP contribution >= 0.6 is 0 Å². The van der Waals surface area contributed by atoms with Gasteiger partial charge in [-0.1, -0.05) is 44.2 Å². The first-order valence-electron chi connectivity index (χ1n) is 7.56. The number of aliphatic hydroxyl groups excluding tert-OH is 1. The lowest BCUT2D eigenvalue weighted by molar-refractivity contribution is -0.127. The van der Waals surface area contributed by atoms with Gasteiger partial charge < -0.3 is 15.2 Å². The van der Waals surface area contributed by atoms with E-state index in [-0.39, 0.29) is 12.0 Å². The molecule has 0 saturated heterocycles. The molecule has 0 aliphatic heterocycles. The van der Waals surface area contributed by atoms with Gasteiger partial charge in [0.25, 0.3) is 0 Å². The summed E-state index contributed by atoms with van der Waals surface area (Å²) in [5.74, 6) is 0. The van der Waals surface area contributed by atoms with Crippen molar-refractivity contribution in [3.8, 4) is 0 Å². The quantitative estimate of drug-likeness (QED) is 0.805. The van der Waals surface area contributed by atoms with Crippen molar-refractivity contribution >= 4 is 0 Å². The molecule has 1 aliphatic rings. The van der Waals surface area contributed by atoms with Crippen LogP contribution in [-0.2, 0) is 11.3 Å². The molecule has 1 aliphatic carbocycles. The lowest BCUT2D eigenvalue weighted by atomic mass is 9.64. The first-order chi connectivity index (χ1) is 9.54. The van der Waals surface area contributed by atoms with Crippen LogP contribution in [0.25, 0.3) is 0 Å². The van der Waals surface area contributed by atoms with Gasteiger partial charge in [-0.15, -0.1) is 0 Å². The van der Waals surface area contributed by atoms with Gasteiger partial charge in [0, 0.05) is 24.1 Å². The highest BCUT2D eigenvalue weighted by molar-refractivity contribution is 5.14. The van der Waals surface area contributed by atoms with Crippen LogP contribution in [0.3, 0.4) is 0 Å². The second-order valence-corrected chi connectivity index (χ2v) is 6.47. The Morgan fingerprint density at radius 2 is 2.05 bits per heavy atom. The second-order valence-electron chi connectivity index (χ2n) is 6.47. The molecule has 1 aromatic carbocycles. The zero-order valence-corrected chi connectivity index (χ0v) is 12.8. The summed E-state index contributed by atoms with van der Waals surface area (Å²) in [6.07, 6.45) is 2.17. The third-order valence-electron chi connectivity index (χ3n) is 4.52. The van der Waals surface area contributed by atoms with Crippen molar-refractivity contribution in [3.63, 3.8) is 0 Å². The number of benzene rings is 1. The van der Waals surface area contributed by atoms with Gasteiger partial charge in [0.15, 0.2) is 0 Å². The lowest BCUT2D eigenvalue weighted by Crippen LogP contribution is -2.62. The largest absolute Gasteiger partial charge is 0.396 e. The summed E-state index contributed by atoms with van der Waals surface area (Å²) < 4.78 is 6.06. The molecule has 0 heterocycles. The predicted molar refractivity (Wildman–Crippen MR) is 81.5 cm³/mol. The Bertz CT molecular complexity index is 405. The van der Waals surface area contributed by atoms with E-state index in [1.807, 2.05) is 18.2 Å². The average Bonchev–Trinajstić information content (AvgIpc) is 2.43. The van der Waals surface area contributed by atoms with Gasteiger partial charge >= 0.3 is 0 Å². The Morgan fingerprint density at radius 1 is 1.35 bits per heavy atom. The van der Waals surface area contributed by atoms with Gasteiger partial charge in [0.1, 0.15) is 0 Å². The maximum absolute atomic E-state index is 8.97. The maximum atomic E-state index is 8.97. The fraction of sp³-hybridized carbons (Fsp3) is 0.647. The molecule has 3 atom stereocenters. The minimum absolute atomic E-state index is 0.151.